The molecule has 1 aromatic rings. The Morgan fingerprint density at radius 2 is 2.25 bits per heavy atom. The third kappa shape index (κ3) is 3.69. The number of hydrogen-bond acceptors (Lipinski definition) is 3. The molecule has 0 unspecified atom stereocenters. The molecule has 1 fully saturated rings. The first kappa shape index (κ1) is 14.3. The largest absolute Gasteiger partial charge is 0.480 e. The molecule has 1 heterocycles. The van der Waals surface area contributed by atoms with Crippen molar-refractivity contribution in [1.82, 2.24) is 15.2 Å². The van der Waals surface area contributed by atoms with Gasteiger partial charge in [0.05, 0.1) is 12.2 Å². The summed E-state index contributed by atoms with van der Waals surface area (Å²) in [7, 11) is 0. The fourth-order valence-corrected chi connectivity index (χ4v) is 2.11. The summed E-state index contributed by atoms with van der Waals surface area (Å²) >= 11 is 0. The van der Waals surface area contributed by atoms with Crippen LogP contribution in [-0.2, 0) is 17.8 Å². The molecule has 6 heteroatoms. The average molecular weight is 277 g/mol. The second kappa shape index (κ2) is 6.36. The van der Waals surface area contributed by atoms with Crippen LogP contribution in [0.5, 0.6) is 0 Å². The van der Waals surface area contributed by atoms with E-state index in [2.05, 4.69) is 10.3 Å². The number of amides is 2. The van der Waals surface area contributed by atoms with Gasteiger partial charge in [-0.15, -0.1) is 0 Å². The maximum atomic E-state index is 12.1. The topological polar surface area (TPSA) is 82.5 Å². The predicted molar refractivity (Wildman–Crippen MR) is 73.2 cm³/mol. The number of nitrogens with zero attached hydrogens (tertiary/aromatic N) is 2. The second-order valence-electron chi connectivity index (χ2n) is 4.87. The number of nitrogens with one attached hydrogen (secondary N) is 1. The highest BCUT2D eigenvalue weighted by atomic mass is 16.4. The van der Waals surface area contributed by atoms with Crippen molar-refractivity contribution in [3.63, 3.8) is 0 Å². The van der Waals surface area contributed by atoms with Gasteiger partial charge in [-0.2, -0.15) is 0 Å². The number of carbonyl (C=O) groups is 2. The van der Waals surface area contributed by atoms with Crippen LogP contribution in [0, 0.1) is 0 Å². The first-order valence-electron chi connectivity index (χ1n) is 6.80. The third-order valence-corrected chi connectivity index (χ3v) is 3.33. The number of rotatable bonds is 6. The van der Waals surface area contributed by atoms with Crippen molar-refractivity contribution in [1.29, 1.82) is 0 Å². The Kier molecular flexibility index (Phi) is 4.55. The minimum absolute atomic E-state index is 0.0699. The summed E-state index contributed by atoms with van der Waals surface area (Å²) in [5.74, 6) is -0.987. The van der Waals surface area contributed by atoms with Gasteiger partial charge in [-0.3, -0.25) is 9.78 Å². The molecule has 20 heavy (non-hydrogen) atoms. The zero-order chi connectivity index (χ0) is 14.5. The highest BCUT2D eigenvalue weighted by molar-refractivity contribution is 5.80. The van der Waals surface area contributed by atoms with Crippen molar-refractivity contribution in [3.05, 3.63) is 29.6 Å². The van der Waals surface area contributed by atoms with Crippen LogP contribution in [0.15, 0.2) is 18.3 Å². The highest BCUT2D eigenvalue weighted by Crippen LogP contribution is 2.26. The predicted octanol–water partition coefficient (Wildman–Crippen LogP) is 1.40. The Labute approximate surface area is 117 Å². The van der Waals surface area contributed by atoms with Crippen LogP contribution in [0.3, 0.4) is 0 Å². The zero-order valence-electron chi connectivity index (χ0n) is 11.5. The van der Waals surface area contributed by atoms with E-state index < -0.39 is 5.97 Å². The Morgan fingerprint density at radius 3 is 2.85 bits per heavy atom. The van der Waals surface area contributed by atoms with Gasteiger partial charge >= 0.3 is 12.0 Å². The maximum absolute atomic E-state index is 12.1. The summed E-state index contributed by atoms with van der Waals surface area (Å²) in [4.78, 5) is 28.5. The number of carbonyl (C=O) groups excluding carboxylic acids is 1. The fraction of sp³-hybridized carbons (Fsp3) is 0.500. The molecule has 0 spiro atoms. The third-order valence-electron chi connectivity index (χ3n) is 3.33. The molecule has 108 valence electrons. The Hall–Kier alpha value is -2.11. The van der Waals surface area contributed by atoms with Gasteiger partial charge in [-0.1, -0.05) is 13.0 Å². The van der Waals surface area contributed by atoms with Crippen molar-refractivity contribution in [3.8, 4) is 0 Å². The van der Waals surface area contributed by atoms with Gasteiger partial charge in [0.15, 0.2) is 0 Å². The zero-order valence-corrected chi connectivity index (χ0v) is 11.5. The van der Waals surface area contributed by atoms with Gasteiger partial charge in [0.1, 0.15) is 6.54 Å². The quantitative estimate of drug-likeness (QED) is 0.823. The standard InChI is InChI=1S/C14H19N3O3/c1-2-10-4-3-7-15-12(10)8-16-14(20)17(9-13(18)19)11-5-6-11/h3-4,7,11H,2,5-6,8-9H2,1H3,(H,16,20)(H,18,19). The van der Waals surface area contributed by atoms with E-state index in [1.807, 2.05) is 19.1 Å². The number of pyridine rings is 1. The van der Waals surface area contributed by atoms with Crippen molar-refractivity contribution in [2.75, 3.05) is 6.54 Å². The second-order valence-corrected chi connectivity index (χ2v) is 4.87. The lowest BCUT2D eigenvalue weighted by Crippen LogP contribution is -2.44. The van der Waals surface area contributed by atoms with E-state index in [1.54, 1.807) is 6.20 Å². The van der Waals surface area contributed by atoms with Crippen molar-refractivity contribution >= 4 is 12.0 Å². The molecule has 1 aliphatic rings. The fourth-order valence-electron chi connectivity index (χ4n) is 2.11. The number of aliphatic carboxylic acids is 1. The summed E-state index contributed by atoms with van der Waals surface area (Å²) in [6.07, 6.45) is 4.30. The Morgan fingerprint density at radius 1 is 1.50 bits per heavy atom. The van der Waals surface area contributed by atoms with Gasteiger partial charge in [0.2, 0.25) is 0 Å². The molecule has 1 aliphatic carbocycles. The minimum atomic E-state index is -0.987. The minimum Gasteiger partial charge on any atom is -0.480 e. The molecule has 0 aromatic carbocycles. The smallest absolute Gasteiger partial charge is 0.323 e. The molecule has 0 radical (unpaired) electrons. The lowest BCUT2D eigenvalue weighted by Gasteiger charge is -2.20. The number of aromatic nitrogens is 1. The van der Waals surface area contributed by atoms with E-state index in [1.165, 1.54) is 4.90 Å². The Bertz CT molecular complexity index is 500. The summed E-state index contributed by atoms with van der Waals surface area (Å²) in [5.41, 5.74) is 1.92. The van der Waals surface area contributed by atoms with Crippen LogP contribution in [0.25, 0.3) is 0 Å². The number of hydrogen-bond donors (Lipinski definition) is 2. The maximum Gasteiger partial charge on any atom is 0.323 e. The van der Waals surface area contributed by atoms with Crippen LogP contribution >= 0.6 is 0 Å². The lowest BCUT2D eigenvalue weighted by atomic mass is 10.1. The number of carboxylic acids is 1. The molecular formula is C14H19N3O3. The number of carboxylic acid groups (broad SMARTS) is 1. The first-order valence-corrected chi connectivity index (χ1v) is 6.80. The van der Waals surface area contributed by atoms with Crippen molar-refractivity contribution in [2.24, 2.45) is 0 Å². The molecule has 1 aromatic heterocycles. The molecule has 1 saturated carbocycles. The van der Waals surface area contributed by atoms with Crippen LogP contribution in [0.2, 0.25) is 0 Å². The van der Waals surface area contributed by atoms with Crippen LogP contribution in [-0.4, -0.2) is 39.6 Å². The molecule has 0 saturated heterocycles. The summed E-state index contributed by atoms with van der Waals surface area (Å²) in [6.45, 7) is 2.11. The first-order chi connectivity index (χ1) is 9.61. The number of urea groups is 1. The van der Waals surface area contributed by atoms with Crippen LogP contribution in [0.4, 0.5) is 4.79 Å². The normalized spacial score (nSPS) is 13.8. The van der Waals surface area contributed by atoms with E-state index in [9.17, 15) is 9.59 Å². The molecule has 2 N–H and O–H groups in total. The molecule has 0 aliphatic heterocycles. The van der Waals surface area contributed by atoms with Gasteiger partial charge < -0.3 is 15.3 Å². The van der Waals surface area contributed by atoms with Gasteiger partial charge in [-0.25, -0.2) is 4.79 Å². The molecule has 0 bridgehead atoms. The monoisotopic (exact) mass is 277 g/mol. The molecule has 2 rings (SSSR count). The van der Waals surface area contributed by atoms with E-state index in [4.69, 9.17) is 5.11 Å². The van der Waals surface area contributed by atoms with E-state index in [0.29, 0.717) is 6.54 Å². The van der Waals surface area contributed by atoms with Crippen LogP contribution < -0.4 is 5.32 Å². The molecule has 2 amide bonds. The van der Waals surface area contributed by atoms with Crippen molar-refractivity contribution in [2.45, 2.75) is 38.8 Å². The average Bonchev–Trinajstić information content (AvgIpc) is 3.26. The SMILES string of the molecule is CCc1cccnc1CNC(=O)N(CC(=O)O)C1CC1. The summed E-state index contributed by atoms with van der Waals surface area (Å²) in [5, 5.41) is 11.6. The lowest BCUT2D eigenvalue weighted by molar-refractivity contribution is -0.137. The number of aryl methyl sites for hydroxylation is 1. The molecular weight excluding hydrogens is 258 g/mol. The van der Waals surface area contributed by atoms with Crippen molar-refractivity contribution < 1.29 is 14.7 Å². The van der Waals surface area contributed by atoms with Gasteiger partial charge in [0.25, 0.3) is 0 Å². The van der Waals surface area contributed by atoms with E-state index in [-0.39, 0.29) is 18.6 Å². The van der Waals surface area contributed by atoms with E-state index in [0.717, 1.165) is 30.5 Å². The highest BCUT2D eigenvalue weighted by Gasteiger charge is 2.33. The van der Waals surface area contributed by atoms with Gasteiger partial charge in [-0.05, 0) is 30.9 Å². The van der Waals surface area contributed by atoms with Crippen LogP contribution in [0.1, 0.15) is 31.0 Å². The summed E-state index contributed by atoms with van der Waals surface area (Å²) in [6, 6.07) is 3.58. The summed E-state index contributed by atoms with van der Waals surface area (Å²) < 4.78 is 0. The molecule has 6 nitrogen and oxygen atoms in total. The Balaban J connectivity index is 1.94. The molecule has 0 atom stereocenters. The van der Waals surface area contributed by atoms with E-state index >= 15 is 0 Å². The van der Waals surface area contributed by atoms with Gasteiger partial charge in [0, 0.05) is 12.2 Å².